The molecule has 7 heteroatoms. The molecule has 2 amide bonds. The fourth-order valence-corrected chi connectivity index (χ4v) is 3.85. The van der Waals surface area contributed by atoms with Gasteiger partial charge in [-0.3, -0.25) is 9.59 Å². The maximum absolute atomic E-state index is 12.0. The number of thiazole rings is 1. The number of nitrogens with one attached hydrogen (secondary N) is 1. The monoisotopic (exact) mass is 327 g/mol. The second kappa shape index (κ2) is 6.36. The molecule has 1 saturated heterocycles. The van der Waals surface area contributed by atoms with Gasteiger partial charge in [-0.1, -0.05) is 20.8 Å². The van der Waals surface area contributed by atoms with Crippen molar-refractivity contribution < 1.29 is 9.59 Å². The van der Waals surface area contributed by atoms with E-state index in [2.05, 4.69) is 31.1 Å². The zero-order valence-electron chi connectivity index (χ0n) is 12.8. The van der Waals surface area contributed by atoms with Crippen LogP contribution in [0.1, 0.15) is 44.4 Å². The van der Waals surface area contributed by atoms with Gasteiger partial charge >= 0.3 is 0 Å². The minimum absolute atomic E-state index is 0.0116. The summed E-state index contributed by atoms with van der Waals surface area (Å²) in [5.74, 6) is 0.981. The van der Waals surface area contributed by atoms with Crippen LogP contribution in [-0.4, -0.2) is 39.9 Å². The molecule has 2 rings (SSSR count). The van der Waals surface area contributed by atoms with Crippen molar-refractivity contribution >= 4 is 34.9 Å². The van der Waals surface area contributed by atoms with Crippen LogP contribution < -0.4 is 5.32 Å². The standard InChI is InChI=1S/C14H21N3O2S2/c1-9(13-16-10(6-21-13)14(2,3)4)15-11(18)5-17-8-20-7-12(17)19/h6,9H,5,7-8H2,1-4H3,(H,15,18). The fraction of sp³-hybridized carbons (Fsp3) is 0.643. The highest BCUT2D eigenvalue weighted by atomic mass is 32.2. The molecule has 1 unspecified atom stereocenters. The molecule has 1 aliphatic rings. The first-order valence-electron chi connectivity index (χ1n) is 6.88. The van der Waals surface area contributed by atoms with Crippen LogP contribution in [0.4, 0.5) is 0 Å². The van der Waals surface area contributed by atoms with Crippen molar-refractivity contribution in [1.82, 2.24) is 15.2 Å². The van der Waals surface area contributed by atoms with Gasteiger partial charge in [-0.05, 0) is 6.92 Å². The molecule has 1 N–H and O–H groups in total. The van der Waals surface area contributed by atoms with Gasteiger partial charge in [0.25, 0.3) is 0 Å². The Balaban J connectivity index is 1.91. The third-order valence-electron chi connectivity index (χ3n) is 3.20. The van der Waals surface area contributed by atoms with Crippen molar-refractivity contribution in [2.75, 3.05) is 18.2 Å². The lowest BCUT2D eigenvalue weighted by atomic mass is 9.93. The molecule has 0 spiro atoms. The van der Waals surface area contributed by atoms with Crippen molar-refractivity contribution in [3.63, 3.8) is 0 Å². The minimum atomic E-state index is -0.135. The van der Waals surface area contributed by atoms with Crippen LogP contribution in [0.25, 0.3) is 0 Å². The Morgan fingerprint density at radius 1 is 1.52 bits per heavy atom. The molecule has 2 heterocycles. The van der Waals surface area contributed by atoms with E-state index in [9.17, 15) is 9.59 Å². The predicted molar refractivity (Wildman–Crippen MR) is 86.4 cm³/mol. The van der Waals surface area contributed by atoms with Crippen LogP contribution >= 0.6 is 23.1 Å². The lowest BCUT2D eigenvalue weighted by Gasteiger charge is -2.17. The van der Waals surface area contributed by atoms with Gasteiger partial charge in [-0.25, -0.2) is 4.98 Å². The predicted octanol–water partition coefficient (Wildman–Crippen LogP) is 2.15. The lowest BCUT2D eigenvalue weighted by Crippen LogP contribution is -2.39. The molecule has 1 fully saturated rings. The number of amides is 2. The Bertz CT molecular complexity index is 537. The van der Waals surface area contributed by atoms with E-state index in [0.29, 0.717) is 11.6 Å². The van der Waals surface area contributed by atoms with E-state index in [0.717, 1.165) is 10.7 Å². The number of rotatable bonds is 4. The van der Waals surface area contributed by atoms with Crippen molar-refractivity contribution in [3.05, 3.63) is 16.1 Å². The zero-order chi connectivity index (χ0) is 15.6. The molecule has 21 heavy (non-hydrogen) atoms. The Morgan fingerprint density at radius 3 is 2.76 bits per heavy atom. The maximum atomic E-state index is 12.0. The third kappa shape index (κ3) is 4.20. The number of nitrogens with zero attached hydrogens (tertiary/aromatic N) is 2. The second-order valence-corrected chi connectivity index (χ2v) is 8.02. The van der Waals surface area contributed by atoms with Gasteiger partial charge in [0.2, 0.25) is 11.8 Å². The summed E-state index contributed by atoms with van der Waals surface area (Å²) in [5, 5.41) is 5.85. The van der Waals surface area contributed by atoms with Gasteiger partial charge in [0.15, 0.2) is 0 Å². The molecule has 0 aliphatic carbocycles. The van der Waals surface area contributed by atoms with Gasteiger partial charge in [0, 0.05) is 10.8 Å². The van der Waals surface area contributed by atoms with Crippen LogP contribution in [-0.2, 0) is 15.0 Å². The summed E-state index contributed by atoms with van der Waals surface area (Å²) < 4.78 is 0. The normalized spacial score (nSPS) is 17.1. The number of hydrogen-bond donors (Lipinski definition) is 1. The smallest absolute Gasteiger partial charge is 0.240 e. The first-order chi connectivity index (χ1) is 9.77. The topological polar surface area (TPSA) is 62.3 Å². The first-order valence-corrected chi connectivity index (χ1v) is 8.91. The van der Waals surface area contributed by atoms with E-state index < -0.39 is 0 Å². The highest BCUT2D eigenvalue weighted by Crippen LogP contribution is 2.26. The molecule has 1 atom stereocenters. The summed E-state index contributed by atoms with van der Waals surface area (Å²) in [6.45, 7) is 8.40. The van der Waals surface area contributed by atoms with Gasteiger partial charge in [-0.15, -0.1) is 23.1 Å². The van der Waals surface area contributed by atoms with Gasteiger partial charge in [-0.2, -0.15) is 0 Å². The Morgan fingerprint density at radius 2 is 2.24 bits per heavy atom. The molecule has 5 nitrogen and oxygen atoms in total. The molecule has 0 bridgehead atoms. The van der Waals surface area contributed by atoms with Crippen LogP contribution in [0.15, 0.2) is 5.38 Å². The maximum Gasteiger partial charge on any atom is 0.240 e. The Hall–Kier alpha value is -1.08. The van der Waals surface area contributed by atoms with Crippen LogP contribution in [0, 0.1) is 0 Å². The highest BCUT2D eigenvalue weighted by Gasteiger charge is 2.24. The third-order valence-corrected chi connectivity index (χ3v) is 5.17. The molecule has 0 saturated carbocycles. The quantitative estimate of drug-likeness (QED) is 0.920. The van der Waals surface area contributed by atoms with Crippen molar-refractivity contribution in [2.24, 2.45) is 0 Å². The molecule has 1 aromatic rings. The minimum Gasteiger partial charge on any atom is -0.346 e. The lowest BCUT2D eigenvalue weighted by molar-refractivity contribution is -0.132. The average Bonchev–Trinajstić information content (AvgIpc) is 2.98. The van der Waals surface area contributed by atoms with Gasteiger partial charge in [0.05, 0.1) is 23.4 Å². The molecule has 0 aromatic carbocycles. The summed E-state index contributed by atoms with van der Waals surface area (Å²) >= 11 is 3.10. The molecule has 1 aromatic heterocycles. The molecule has 1 aliphatic heterocycles. The van der Waals surface area contributed by atoms with E-state index in [1.54, 1.807) is 16.2 Å². The van der Waals surface area contributed by atoms with E-state index in [1.165, 1.54) is 11.8 Å². The number of hydrogen-bond acceptors (Lipinski definition) is 5. The average molecular weight is 327 g/mol. The Kier molecular flexibility index (Phi) is 4.93. The van der Waals surface area contributed by atoms with E-state index in [4.69, 9.17) is 0 Å². The molecular weight excluding hydrogens is 306 g/mol. The van der Waals surface area contributed by atoms with E-state index in [-0.39, 0.29) is 29.8 Å². The summed E-state index contributed by atoms with van der Waals surface area (Å²) in [7, 11) is 0. The van der Waals surface area contributed by atoms with Crippen molar-refractivity contribution in [1.29, 1.82) is 0 Å². The van der Waals surface area contributed by atoms with Crippen LogP contribution in [0.5, 0.6) is 0 Å². The van der Waals surface area contributed by atoms with E-state index in [1.807, 2.05) is 12.3 Å². The number of carbonyl (C=O) groups is 2. The number of thioether (sulfide) groups is 1. The van der Waals surface area contributed by atoms with Crippen molar-refractivity contribution in [2.45, 2.75) is 39.2 Å². The number of carbonyl (C=O) groups excluding carboxylic acids is 2. The first kappa shape index (κ1) is 16.3. The molecule has 116 valence electrons. The molecule has 0 radical (unpaired) electrons. The van der Waals surface area contributed by atoms with Crippen molar-refractivity contribution in [3.8, 4) is 0 Å². The summed E-state index contributed by atoms with van der Waals surface area (Å²) in [6, 6.07) is -0.135. The largest absolute Gasteiger partial charge is 0.346 e. The fourth-order valence-electron chi connectivity index (χ4n) is 1.89. The number of aromatic nitrogens is 1. The summed E-state index contributed by atoms with van der Waals surface area (Å²) in [6.07, 6.45) is 0. The van der Waals surface area contributed by atoms with Crippen LogP contribution in [0.3, 0.4) is 0 Å². The second-order valence-electron chi connectivity index (χ2n) is 6.18. The van der Waals surface area contributed by atoms with E-state index >= 15 is 0 Å². The zero-order valence-corrected chi connectivity index (χ0v) is 14.4. The van der Waals surface area contributed by atoms with Gasteiger partial charge < -0.3 is 10.2 Å². The highest BCUT2D eigenvalue weighted by molar-refractivity contribution is 8.00. The Labute approximate surface area is 133 Å². The SMILES string of the molecule is CC(NC(=O)CN1CSCC1=O)c1nc(C(C)(C)C)cs1. The summed E-state index contributed by atoms with van der Waals surface area (Å²) in [4.78, 5) is 29.7. The van der Waals surface area contributed by atoms with Crippen LogP contribution in [0.2, 0.25) is 0 Å². The van der Waals surface area contributed by atoms with Gasteiger partial charge in [0.1, 0.15) is 11.6 Å². The summed E-state index contributed by atoms with van der Waals surface area (Å²) in [5.41, 5.74) is 1.05. The molecular formula is C14H21N3O2S2.